The third-order valence-electron chi connectivity index (χ3n) is 4.60. The molecule has 0 atom stereocenters. The van der Waals surface area contributed by atoms with Gasteiger partial charge in [0.1, 0.15) is 5.82 Å². The summed E-state index contributed by atoms with van der Waals surface area (Å²) in [5.74, 6) is 1.53. The molecule has 0 amide bonds. The summed E-state index contributed by atoms with van der Waals surface area (Å²) in [6, 6.07) is 10.6. The van der Waals surface area contributed by atoms with Crippen LogP contribution in [0.1, 0.15) is 23.1 Å². The molecule has 0 saturated carbocycles. The standard InChI is InChI=1S/C19H18N4O2S/c1-2-15-11-18(22-9-7-17-14(12-22)8-10-26-17)21-19(20-15)13-3-5-16(6-4-13)23(24)25/h3-6,8,10-11H,2,7,9,12H2,1H3. The molecule has 3 aromatic rings. The Morgan fingerprint density at radius 1 is 1.23 bits per heavy atom. The maximum atomic E-state index is 10.9. The molecule has 3 heterocycles. The number of anilines is 1. The summed E-state index contributed by atoms with van der Waals surface area (Å²) in [7, 11) is 0. The lowest BCUT2D eigenvalue weighted by Crippen LogP contribution is -2.30. The molecule has 1 aliphatic rings. The highest BCUT2D eigenvalue weighted by Gasteiger charge is 2.20. The van der Waals surface area contributed by atoms with Crippen molar-refractivity contribution in [1.82, 2.24) is 9.97 Å². The molecule has 26 heavy (non-hydrogen) atoms. The number of hydrogen-bond donors (Lipinski definition) is 0. The van der Waals surface area contributed by atoms with Crippen LogP contribution in [0.4, 0.5) is 11.5 Å². The zero-order chi connectivity index (χ0) is 18.1. The third-order valence-corrected chi connectivity index (χ3v) is 5.62. The average Bonchev–Trinajstić information content (AvgIpc) is 3.15. The van der Waals surface area contributed by atoms with E-state index in [1.54, 1.807) is 12.1 Å². The van der Waals surface area contributed by atoms with Crippen molar-refractivity contribution in [3.8, 4) is 11.4 Å². The lowest BCUT2D eigenvalue weighted by Gasteiger charge is -2.28. The Bertz CT molecular complexity index is 952. The zero-order valence-electron chi connectivity index (χ0n) is 14.4. The van der Waals surface area contributed by atoms with Gasteiger partial charge in [0.25, 0.3) is 5.69 Å². The van der Waals surface area contributed by atoms with Gasteiger partial charge >= 0.3 is 0 Å². The van der Waals surface area contributed by atoms with E-state index >= 15 is 0 Å². The van der Waals surface area contributed by atoms with E-state index in [0.29, 0.717) is 5.82 Å². The smallest absolute Gasteiger partial charge is 0.269 e. The largest absolute Gasteiger partial charge is 0.352 e. The van der Waals surface area contributed by atoms with Gasteiger partial charge in [-0.1, -0.05) is 6.92 Å². The maximum Gasteiger partial charge on any atom is 0.269 e. The highest BCUT2D eigenvalue weighted by molar-refractivity contribution is 7.10. The van der Waals surface area contributed by atoms with Gasteiger partial charge in [0, 0.05) is 47.4 Å². The Hall–Kier alpha value is -2.80. The van der Waals surface area contributed by atoms with Gasteiger partial charge < -0.3 is 4.90 Å². The molecule has 132 valence electrons. The van der Waals surface area contributed by atoms with Crippen molar-refractivity contribution in [1.29, 1.82) is 0 Å². The van der Waals surface area contributed by atoms with Crippen LogP contribution in [-0.4, -0.2) is 21.4 Å². The summed E-state index contributed by atoms with van der Waals surface area (Å²) < 4.78 is 0. The van der Waals surface area contributed by atoms with E-state index in [0.717, 1.165) is 43.0 Å². The molecule has 6 nitrogen and oxygen atoms in total. The van der Waals surface area contributed by atoms with Crippen LogP contribution < -0.4 is 4.90 Å². The highest BCUT2D eigenvalue weighted by Crippen LogP contribution is 2.29. The number of aromatic nitrogens is 2. The number of nitro groups is 1. The van der Waals surface area contributed by atoms with Crippen LogP contribution in [0.25, 0.3) is 11.4 Å². The number of benzene rings is 1. The van der Waals surface area contributed by atoms with Crippen LogP contribution >= 0.6 is 11.3 Å². The summed E-state index contributed by atoms with van der Waals surface area (Å²) in [4.78, 5) is 23.6. The van der Waals surface area contributed by atoms with Gasteiger partial charge in [-0.05, 0) is 42.0 Å². The van der Waals surface area contributed by atoms with Gasteiger partial charge in [0.15, 0.2) is 5.82 Å². The number of non-ortho nitro benzene ring substituents is 1. The number of aryl methyl sites for hydroxylation is 1. The Balaban J connectivity index is 1.68. The van der Waals surface area contributed by atoms with Crippen molar-refractivity contribution in [3.63, 3.8) is 0 Å². The van der Waals surface area contributed by atoms with Gasteiger partial charge in [-0.25, -0.2) is 9.97 Å². The lowest BCUT2D eigenvalue weighted by molar-refractivity contribution is -0.384. The lowest BCUT2D eigenvalue weighted by atomic mass is 10.1. The molecule has 7 heteroatoms. The van der Waals surface area contributed by atoms with Crippen LogP contribution in [0.5, 0.6) is 0 Å². The number of nitrogens with zero attached hydrogens (tertiary/aromatic N) is 4. The second-order valence-corrected chi connectivity index (χ2v) is 7.24. The Morgan fingerprint density at radius 2 is 2.04 bits per heavy atom. The van der Waals surface area contributed by atoms with Crippen LogP contribution in [0.3, 0.4) is 0 Å². The molecule has 0 N–H and O–H groups in total. The van der Waals surface area contributed by atoms with E-state index in [9.17, 15) is 10.1 Å². The Labute approximate surface area is 155 Å². The zero-order valence-corrected chi connectivity index (χ0v) is 15.2. The minimum atomic E-state index is -0.398. The number of nitro benzene ring substituents is 1. The molecule has 1 aliphatic heterocycles. The minimum absolute atomic E-state index is 0.0710. The predicted octanol–water partition coefficient (Wildman–Crippen LogP) is 4.24. The number of thiophene rings is 1. The first-order chi connectivity index (χ1) is 12.6. The summed E-state index contributed by atoms with van der Waals surface area (Å²) in [6.07, 6.45) is 1.85. The van der Waals surface area contributed by atoms with Crippen molar-refractivity contribution in [2.24, 2.45) is 0 Å². The molecular weight excluding hydrogens is 348 g/mol. The quantitative estimate of drug-likeness (QED) is 0.510. The molecule has 1 aromatic carbocycles. The number of rotatable bonds is 4. The first kappa shape index (κ1) is 16.7. The van der Waals surface area contributed by atoms with Crippen LogP contribution in [0.15, 0.2) is 41.8 Å². The molecular formula is C19H18N4O2S. The number of hydrogen-bond acceptors (Lipinski definition) is 6. The van der Waals surface area contributed by atoms with Gasteiger partial charge in [-0.3, -0.25) is 10.1 Å². The van der Waals surface area contributed by atoms with Crippen LogP contribution in [0, 0.1) is 10.1 Å². The molecule has 2 aromatic heterocycles. The van der Waals surface area contributed by atoms with Gasteiger partial charge in [0.2, 0.25) is 0 Å². The van der Waals surface area contributed by atoms with Crippen LogP contribution in [-0.2, 0) is 19.4 Å². The average molecular weight is 366 g/mol. The summed E-state index contributed by atoms with van der Waals surface area (Å²) >= 11 is 1.82. The monoisotopic (exact) mass is 366 g/mol. The molecule has 0 bridgehead atoms. The molecule has 0 saturated heterocycles. The molecule has 0 spiro atoms. The summed E-state index contributed by atoms with van der Waals surface area (Å²) in [5.41, 5.74) is 3.20. The van der Waals surface area contributed by atoms with Crippen molar-refractivity contribution in [2.45, 2.75) is 26.3 Å². The fourth-order valence-electron chi connectivity index (χ4n) is 3.13. The first-order valence-electron chi connectivity index (χ1n) is 8.57. The van der Waals surface area contributed by atoms with Crippen molar-refractivity contribution in [2.75, 3.05) is 11.4 Å². The van der Waals surface area contributed by atoms with Gasteiger partial charge in [-0.15, -0.1) is 11.3 Å². The molecule has 4 rings (SSSR count). The van der Waals surface area contributed by atoms with Crippen molar-refractivity contribution < 1.29 is 4.92 Å². The van der Waals surface area contributed by atoms with Gasteiger partial charge in [-0.2, -0.15) is 0 Å². The van der Waals surface area contributed by atoms with Crippen molar-refractivity contribution in [3.05, 3.63) is 68.0 Å². The SMILES string of the molecule is CCc1cc(N2CCc3sccc3C2)nc(-c2ccc([N+](=O)[O-])cc2)n1. The van der Waals surface area contributed by atoms with Gasteiger partial charge in [0.05, 0.1) is 4.92 Å². The summed E-state index contributed by atoms with van der Waals surface area (Å²) in [6.45, 7) is 3.87. The van der Waals surface area contributed by atoms with Crippen molar-refractivity contribution >= 4 is 22.8 Å². The summed E-state index contributed by atoms with van der Waals surface area (Å²) in [5, 5.41) is 13.0. The second kappa shape index (κ2) is 6.84. The Morgan fingerprint density at radius 3 is 2.77 bits per heavy atom. The Kier molecular flexibility index (Phi) is 4.38. The fourth-order valence-corrected chi connectivity index (χ4v) is 4.02. The number of fused-ring (bicyclic) bond motifs is 1. The highest BCUT2D eigenvalue weighted by atomic mass is 32.1. The maximum absolute atomic E-state index is 10.9. The van der Waals surface area contributed by atoms with E-state index in [1.807, 2.05) is 17.4 Å². The van der Waals surface area contributed by atoms with E-state index in [-0.39, 0.29) is 5.69 Å². The van der Waals surface area contributed by atoms with E-state index in [4.69, 9.17) is 4.98 Å². The topological polar surface area (TPSA) is 72.2 Å². The minimum Gasteiger partial charge on any atom is -0.352 e. The van der Waals surface area contributed by atoms with E-state index < -0.39 is 4.92 Å². The molecule has 0 radical (unpaired) electrons. The normalized spacial score (nSPS) is 13.5. The van der Waals surface area contributed by atoms with E-state index in [2.05, 4.69) is 28.3 Å². The molecule has 0 unspecified atom stereocenters. The first-order valence-corrected chi connectivity index (χ1v) is 9.45. The molecule has 0 fully saturated rings. The third kappa shape index (κ3) is 3.17. The van der Waals surface area contributed by atoms with E-state index in [1.165, 1.54) is 22.6 Å². The second-order valence-electron chi connectivity index (χ2n) is 6.24. The van der Waals surface area contributed by atoms with Crippen LogP contribution in [0.2, 0.25) is 0 Å². The fraction of sp³-hybridized carbons (Fsp3) is 0.263. The predicted molar refractivity (Wildman–Crippen MR) is 103 cm³/mol. The molecule has 0 aliphatic carbocycles.